The van der Waals surface area contributed by atoms with Gasteiger partial charge < -0.3 is 10.0 Å². The molecule has 0 spiro atoms. The Balaban J connectivity index is 2.19. The van der Waals surface area contributed by atoms with E-state index in [1.807, 2.05) is 11.8 Å². The van der Waals surface area contributed by atoms with Crippen LogP contribution in [-0.4, -0.2) is 38.9 Å². The zero-order chi connectivity index (χ0) is 15.6. The van der Waals surface area contributed by atoms with Gasteiger partial charge in [-0.25, -0.2) is 4.68 Å². The summed E-state index contributed by atoms with van der Waals surface area (Å²) < 4.78 is 1.66. The summed E-state index contributed by atoms with van der Waals surface area (Å²) in [5.41, 5.74) is 0.488. The number of aromatic nitrogens is 2. The van der Waals surface area contributed by atoms with Gasteiger partial charge >= 0.3 is 11.7 Å². The lowest BCUT2D eigenvalue weighted by Gasteiger charge is -2.18. The standard InChI is InChI=1S/C13H20N4O4/c1-3-16-13(12(17(20)21)9(2)14-16)15-7-6-10(8-15)4-5-11(18)19/h10H,3-8H2,1-2H3,(H,18,19). The molecule has 0 amide bonds. The van der Waals surface area contributed by atoms with Crippen molar-refractivity contribution in [1.82, 2.24) is 9.78 Å². The quantitative estimate of drug-likeness (QED) is 0.634. The Hall–Kier alpha value is -2.12. The van der Waals surface area contributed by atoms with Gasteiger partial charge in [-0.2, -0.15) is 5.10 Å². The molecule has 2 rings (SSSR count). The molecule has 1 aromatic rings. The van der Waals surface area contributed by atoms with Crippen LogP contribution in [0.15, 0.2) is 0 Å². The summed E-state index contributed by atoms with van der Waals surface area (Å²) in [5, 5.41) is 24.2. The third kappa shape index (κ3) is 3.14. The second-order valence-electron chi connectivity index (χ2n) is 5.36. The molecule has 0 aliphatic carbocycles. The molecule has 1 saturated heterocycles. The van der Waals surface area contributed by atoms with E-state index in [1.54, 1.807) is 11.6 Å². The Bertz CT molecular complexity index is 555. The Kier molecular flexibility index (Phi) is 4.44. The van der Waals surface area contributed by atoms with E-state index in [9.17, 15) is 14.9 Å². The van der Waals surface area contributed by atoms with Gasteiger partial charge in [-0.05, 0) is 32.6 Å². The molecule has 1 atom stereocenters. The van der Waals surface area contributed by atoms with Crippen LogP contribution in [0.2, 0.25) is 0 Å². The Morgan fingerprint density at radius 3 is 2.86 bits per heavy atom. The number of carbonyl (C=O) groups is 1. The van der Waals surface area contributed by atoms with Gasteiger partial charge in [0.15, 0.2) is 0 Å². The van der Waals surface area contributed by atoms with Crippen molar-refractivity contribution in [2.45, 2.75) is 39.7 Å². The molecule has 21 heavy (non-hydrogen) atoms. The topological polar surface area (TPSA) is 101 Å². The van der Waals surface area contributed by atoms with E-state index in [4.69, 9.17) is 5.11 Å². The third-order valence-electron chi connectivity index (χ3n) is 3.90. The molecule has 0 saturated carbocycles. The van der Waals surface area contributed by atoms with E-state index >= 15 is 0 Å². The van der Waals surface area contributed by atoms with Gasteiger partial charge in [0.2, 0.25) is 5.82 Å². The highest BCUT2D eigenvalue weighted by atomic mass is 16.6. The predicted octanol–water partition coefficient (Wildman–Crippen LogP) is 1.81. The van der Waals surface area contributed by atoms with Gasteiger partial charge in [0, 0.05) is 26.1 Å². The fraction of sp³-hybridized carbons (Fsp3) is 0.692. The maximum absolute atomic E-state index is 11.3. The van der Waals surface area contributed by atoms with Crippen molar-refractivity contribution in [3.05, 3.63) is 15.8 Å². The van der Waals surface area contributed by atoms with Gasteiger partial charge in [-0.3, -0.25) is 14.9 Å². The van der Waals surface area contributed by atoms with Gasteiger partial charge in [0.05, 0.1) is 4.92 Å². The first-order chi connectivity index (χ1) is 9.93. The van der Waals surface area contributed by atoms with Crippen LogP contribution in [0, 0.1) is 23.0 Å². The number of hydrogen-bond donors (Lipinski definition) is 1. The summed E-state index contributed by atoms with van der Waals surface area (Å²) in [6.07, 6.45) is 1.61. The van der Waals surface area contributed by atoms with Gasteiger partial charge in [0.25, 0.3) is 0 Å². The minimum atomic E-state index is -0.797. The molecule has 2 heterocycles. The molecule has 8 heteroatoms. The molecule has 8 nitrogen and oxygen atoms in total. The predicted molar refractivity (Wildman–Crippen MR) is 76.5 cm³/mol. The minimum absolute atomic E-state index is 0.0655. The maximum Gasteiger partial charge on any atom is 0.333 e. The number of carboxylic acids is 1. The smallest absolute Gasteiger partial charge is 0.333 e. The van der Waals surface area contributed by atoms with E-state index < -0.39 is 5.97 Å². The molecule has 1 unspecified atom stereocenters. The van der Waals surface area contributed by atoms with Gasteiger partial charge in [-0.1, -0.05) is 0 Å². The van der Waals surface area contributed by atoms with Gasteiger partial charge in [-0.15, -0.1) is 0 Å². The summed E-state index contributed by atoms with van der Waals surface area (Å²) in [6, 6.07) is 0. The highest BCUT2D eigenvalue weighted by molar-refractivity contribution is 5.66. The van der Waals surface area contributed by atoms with Crippen molar-refractivity contribution in [1.29, 1.82) is 0 Å². The normalized spacial score (nSPS) is 18.2. The second-order valence-corrected chi connectivity index (χ2v) is 5.36. The Morgan fingerprint density at radius 1 is 1.57 bits per heavy atom. The van der Waals surface area contributed by atoms with Crippen LogP contribution in [0.5, 0.6) is 0 Å². The molecule has 1 aliphatic rings. The summed E-state index contributed by atoms with van der Waals surface area (Å²) in [4.78, 5) is 23.5. The first-order valence-electron chi connectivity index (χ1n) is 7.12. The number of anilines is 1. The monoisotopic (exact) mass is 296 g/mol. The number of rotatable bonds is 6. The molecular weight excluding hydrogens is 276 g/mol. The van der Waals surface area contributed by atoms with Crippen molar-refractivity contribution in [2.75, 3.05) is 18.0 Å². The van der Waals surface area contributed by atoms with Crippen molar-refractivity contribution in [3.63, 3.8) is 0 Å². The first kappa shape index (κ1) is 15.3. The lowest BCUT2D eigenvalue weighted by atomic mass is 10.0. The number of hydrogen-bond acceptors (Lipinski definition) is 5. The minimum Gasteiger partial charge on any atom is -0.481 e. The van der Waals surface area contributed by atoms with Crippen molar-refractivity contribution < 1.29 is 14.8 Å². The number of carboxylic acid groups (broad SMARTS) is 1. The van der Waals surface area contributed by atoms with Crippen molar-refractivity contribution >= 4 is 17.5 Å². The van der Waals surface area contributed by atoms with Crippen LogP contribution in [0.25, 0.3) is 0 Å². The summed E-state index contributed by atoms with van der Waals surface area (Å²) in [6.45, 7) is 5.47. The lowest BCUT2D eigenvalue weighted by molar-refractivity contribution is -0.384. The average Bonchev–Trinajstić information content (AvgIpc) is 2.99. The van der Waals surface area contributed by atoms with Crippen molar-refractivity contribution in [3.8, 4) is 0 Å². The molecule has 116 valence electrons. The van der Waals surface area contributed by atoms with E-state index in [1.165, 1.54) is 0 Å². The maximum atomic E-state index is 11.3. The Morgan fingerprint density at radius 2 is 2.29 bits per heavy atom. The molecule has 1 fully saturated rings. The largest absolute Gasteiger partial charge is 0.481 e. The molecule has 0 aromatic carbocycles. The van der Waals surface area contributed by atoms with Crippen LogP contribution in [0.4, 0.5) is 11.5 Å². The lowest BCUT2D eigenvalue weighted by Crippen LogP contribution is -2.24. The summed E-state index contributed by atoms with van der Waals surface area (Å²) >= 11 is 0. The van der Waals surface area contributed by atoms with Crippen LogP contribution < -0.4 is 4.90 Å². The zero-order valence-electron chi connectivity index (χ0n) is 12.3. The molecular formula is C13H20N4O4. The third-order valence-corrected chi connectivity index (χ3v) is 3.90. The zero-order valence-corrected chi connectivity index (χ0v) is 12.3. The molecule has 0 radical (unpaired) electrons. The van der Waals surface area contributed by atoms with E-state index in [-0.39, 0.29) is 22.9 Å². The number of nitrogens with zero attached hydrogens (tertiary/aromatic N) is 4. The number of nitro groups is 1. The highest BCUT2D eigenvalue weighted by Crippen LogP contribution is 2.35. The molecule has 1 N–H and O–H groups in total. The average molecular weight is 296 g/mol. The van der Waals surface area contributed by atoms with Crippen LogP contribution in [0.3, 0.4) is 0 Å². The summed E-state index contributed by atoms with van der Waals surface area (Å²) in [7, 11) is 0. The van der Waals surface area contributed by atoms with Crippen molar-refractivity contribution in [2.24, 2.45) is 5.92 Å². The molecule has 1 aromatic heterocycles. The van der Waals surface area contributed by atoms with E-state index in [0.717, 1.165) is 6.42 Å². The summed E-state index contributed by atoms with van der Waals surface area (Å²) in [5.74, 6) is 0.0212. The van der Waals surface area contributed by atoms with Crippen LogP contribution in [0.1, 0.15) is 31.9 Å². The van der Waals surface area contributed by atoms with E-state index in [0.29, 0.717) is 37.6 Å². The fourth-order valence-electron chi connectivity index (χ4n) is 2.90. The van der Waals surface area contributed by atoms with Gasteiger partial charge in [0.1, 0.15) is 5.69 Å². The SMILES string of the molecule is CCn1nc(C)c([N+](=O)[O-])c1N1CCC(CCC(=O)O)C1. The van der Waals surface area contributed by atoms with Crippen LogP contribution >= 0.6 is 0 Å². The molecule has 0 bridgehead atoms. The first-order valence-corrected chi connectivity index (χ1v) is 7.12. The highest BCUT2D eigenvalue weighted by Gasteiger charge is 2.33. The second kappa shape index (κ2) is 6.11. The number of aliphatic carboxylic acids is 1. The number of aryl methyl sites for hydroxylation is 2. The molecule has 1 aliphatic heterocycles. The Labute approximate surface area is 122 Å². The van der Waals surface area contributed by atoms with Crippen LogP contribution in [-0.2, 0) is 11.3 Å². The van der Waals surface area contributed by atoms with E-state index in [2.05, 4.69) is 5.10 Å². The fourth-order valence-corrected chi connectivity index (χ4v) is 2.90.